The summed E-state index contributed by atoms with van der Waals surface area (Å²) in [6, 6.07) is 112. The van der Waals surface area contributed by atoms with Crippen LogP contribution < -0.4 is 20.0 Å². The zero-order chi connectivity index (χ0) is 90.7. The highest BCUT2D eigenvalue weighted by Crippen LogP contribution is 2.45. The molecule has 0 atom stereocenters. The highest BCUT2D eigenvalue weighted by molar-refractivity contribution is 6.28. The average Bonchev–Trinajstić information content (AvgIpc) is 1.62. The highest BCUT2D eigenvalue weighted by atomic mass is 16.5. The number of unbranched alkanes of at least 4 members (excludes halogenated alkanes) is 12. The largest absolute Gasteiger partial charge is 0.462 e. The fraction of sp³-hybridized carbons (Fsp3) is 0.158. The Morgan fingerprint density at radius 2 is 0.381 bits per heavy atom. The molecule has 0 aliphatic heterocycles. The molecule has 20 rings (SSSR count). The maximum absolute atomic E-state index is 13.3. The van der Waals surface area contributed by atoms with Crippen LogP contribution in [0.15, 0.2) is 385 Å². The molecule has 0 saturated heterocycles. The average molecular weight is 1770 g/mol. The summed E-state index contributed by atoms with van der Waals surface area (Å²) in [6.45, 7) is 1.49. The molecule has 4 aromatic heterocycles. The van der Waals surface area contributed by atoms with E-state index in [1.165, 1.54) is 0 Å². The van der Waals surface area contributed by atoms with Crippen molar-refractivity contribution in [3.05, 3.63) is 431 Å². The van der Waals surface area contributed by atoms with E-state index in [0.717, 1.165) is 248 Å². The Bertz CT molecular complexity index is 6520. The zero-order valence-electron chi connectivity index (χ0n) is 74.2. The lowest BCUT2D eigenvalue weighted by Gasteiger charge is -2.19. The fourth-order valence-electron chi connectivity index (χ4n) is 17.8. The number of nitrogens with zero attached hydrogens (tertiary/aromatic N) is 8. The number of para-hydroxylation sites is 4. The quantitative estimate of drug-likeness (QED) is 0.0124. The number of benzene rings is 12. The molecule has 0 bridgehead atoms. The number of fused-ring (bicyclic) bond motifs is 12. The smallest absolute Gasteiger partial charge is 0.338 e. The van der Waals surface area contributed by atoms with Crippen molar-refractivity contribution < 1.29 is 38.1 Å². The molecule has 4 aliphatic rings. The van der Waals surface area contributed by atoms with Gasteiger partial charge in [-0.1, -0.05) is 258 Å². The normalized spacial score (nSPS) is 13.2. The second-order valence-electron chi connectivity index (χ2n) is 33.3. The van der Waals surface area contributed by atoms with Crippen LogP contribution in [0.4, 0.5) is 46.0 Å². The number of hydrogen-bond acceptors (Lipinski definition) is 16. The number of ether oxygens (including phenoxy) is 4. The second kappa shape index (κ2) is 41.5. The van der Waals surface area contributed by atoms with E-state index in [1.807, 2.05) is 336 Å². The Morgan fingerprint density at radius 3 is 0.582 bits per heavy atom. The number of hydrogen-bond donors (Lipinski definition) is 4. The van der Waals surface area contributed by atoms with Crippen molar-refractivity contribution in [3.63, 3.8) is 0 Å². The predicted molar refractivity (Wildman–Crippen MR) is 533 cm³/mol. The van der Waals surface area contributed by atoms with Crippen LogP contribution in [-0.4, -0.2) is 93.1 Å². The van der Waals surface area contributed by atoms with E-state index in [1.54, 1.807) is 0 Å². The number of hydrazone groups is 4. The predicted octanol–water partition coefficient (Wildman–Crippen LogP) is 26.5. The molecule has 0 saturated carbocycles. The number of carbonyl (C=O) groups excluding carboxylic acids is 4. The van der Waals surface area contributed by atoms with Crippen LogP contribution >= 0.6 is 0 Å². The van der Waals surface area contributed by atoms with Gasteiger partial charge in [-0.25, -0.2) is 39.2 Å². The summed E-state index contributed by atoms with van der Waals surface area (Å²) in [4.78, 5) is 66.2. The van der Waals surface area contributed by atoms with E-state index >= 15 is 0 Å². The summed E-state index contributed by atoms with van der Waals surface area (Å²) in [5.41, 5.74) is 25.1. The molecule has 0 fully saturated rings. The second-order valence-corrected chi connectivity index (χ2v) is 33.3. The van der Waals surface area contributed by atoms with Crippen LogP contribution in [0.5, 0.6) is 0 Å². The lowest BCUT2D eigenvalue weighted by atomic mass is 10.0. The van der Waals surface area contributed by atoms with Gasteiger partial charge in [0.25, 0.3) is 0 Å². The van der Waals surface area contributed by atoms with Gasteiger partial charge in [0.15, 0.2) is 0 Å². The third kappa shape index (κ3) is 19.4. The molecule has 20 heteroatoms. The van der Waals surface area contributed by atoms with Crippen molar-refractivity contribution in [3.8, 4) is 44.5 Å². The Labute approximate surface area is 778 Å². The molecule has 664 valence electrons. The van der Waals surface area contributed by atoms with Gasteiger partial charge in [-0.3, -0.25) is 0 Å². The number of carbonyl (C=O) groups is 4. The lowest BCUT2D eigenvalue weighted by Crippen LogP contribution is -2.14. The molecule has 134 heavy (non-hydrogen) atoms. The standard InChI is InChI=1S/C58H52N6O4.C56H48N6O4/c65-57(41-31-33-49-51(39-41)45-25-13-15-27-47(45)55(49)61-63(53-29-19-35-59-53)43-21-9-7-10-22-43)67-37-17-5-3-1-2-4-6-18-38-68-58(66)42-32-34-50-52(40-42)46-26-14-16-28-48(46)56(50)62-64(54-30-20-36-60-54)44-23-11-8-12-24-44;63-55(39-29-31-47-49(37-39)43-23-11-13-25-45(43)53(47)59-61(51-27-17-33-57-51)41-19-7-5-8-20-41)65-35-15-3-1-2-4-16-36-66-56(64)40-30-32-48-50(38-40)44-24-12-14-26-46(44)54(48)60-62(52-28-18-34-58-52)42-21-9-6-10-22-42/h7-16,19-36,39-40,59-60H,1-6,17-18,37-38H2;5-14,17-34,37-38,57-58H,1-4,15-16,35-36H2/b61-55+,62-56+;59-53+,60-54+. The molecule has 4 N–H and O–H groups in total. The first-order valence-electron chi connectivity index (χ1n) is 46.2. The van der Waals surface area contributed by atoms with Crippen molar-refractivity contribution in [2.45, 2.75) is 89.9 Å². The van der Waals surface area contributed by atoms with Crippen molar-refractivity contribution in [1.29, 1.82) is 0 Å². The third-order valence-electron chi connectivity index (χ3n) is 24.5. The SMILES string of the molecule is O=C(OCCCCCCCCCCOC(=O)c1ccc2c(c1)-c1ccccc1/C2=N\N(c1ccccc1)c1ccc[nH]1)c1ccc2c(c1)-c1ccccc1/C2=N\N(c1ccccc1)c1ccc[nH]1.O=C(OCCCCCCCCOC(=O)c1ccc2c(c1)-c1ccccc1/C2=N\N(c1ccccc1)c1ccc[nH]1)c1ccc2c(c1)-c1ccccc1/C2=N\N(c1ccccc1)c1ccc[nH]1. The van der Waals surface area contributed by atoms with E-state index in [9.17, 15) is 19.2 Å². The van der Waals surface area contributed by atoms with Crippen LogP contribution in [0.2, 0.25) is 0 Å². The van der Waals surface area contributed by atoms with Gasteiger partial charge in [0.2, 0.25) is 0 Å². The van der Waals surface area contributed by atoms with E-state index < -0.39 is 0 Å². The van der Waals surface area contributed by atoms with Crippen LogP contribution in [0.25, 0.3) is 44.5 Å². The lowest BCUT2D eigenvalue weighted by molar-refractivity contribution is 0.0484. The first-order chi connectivity index (χ1) is 66.2. The summed E-state index contributed by atoms with van der Waals surface area (Å²) in [6.07, 6.45) is 21.0. The molecule has 20 nitrogen and oxygen atoms in total. The Hall–Kier alpha value is -16.5. The van der Waals surface area contributed by atoms with Crippen molar-refractivity contribution >= 4 is 92.7 Å². The van der Waals surface area contributed by atoms with Gasteiger partial charge in [0, 0.05) is 69.3 Å². The van der Waals surface area contributed by atoms with E-state index in [-0.39, 0.29) is 23.9 Å². The van der Waals surface area contributed by atoms with Crippen LogP contribution in [-0.2, 0) is 18.9 Å². The maximum atomic E-state index is 13.3. The molecular formula is C114H100N12O8. The molecule has 0 radical (unpaired) electrons. The number of H-pyrrole nitrogens is 4. The van der Waals surface area contributed by atoms with Gasteiger partial charge in [0.1, 0.15) is 23.3 Å². The molecule has 12 aromatic carbocycles. The van der Waals surface area contributed by atoms with E-state index in [2.05, 4.69) is 68.5 Å². The number of aromatic nitrogens is 4. The summed E-state index contributed by atoms with van der Waals surface area (Å²) < 4.78 is 23.0. The summed E-state index contributed by atoms with van der Waals surface area (Å²) in [5, 5.41) is 28.4. The minimum absolute atomic E-state index is 0.312. The molecule has 0 unspecified atom stereocenters. The van der Waals surface area contributed by atoms with Crippen molar-refractivity contribution in [1.82, 2.24) is 19.9 Å². The van der Waals surface area contributed by atoms with Crippen LogP contribution in [0, 0.1) is 0 Å². The first-order valence-corrected chi connectivity index (χ1v) is 46.2. The Kier molecular flexibility index (Phi) is 26.9. The monoisotopic (exact) mass is 1760 g/mol. The zero-order valence-corrected chi connectivity index (χ0v) is 74.2. The molecule has 0 spiro atoms. The number of nitrogens with one attached hydrogen (secondary N) is 4. The topological polar surface area (TPSA) is 231 Å². The van der Waals surface area contributed by atoms with Gasteiger partial charge in [-0.05, 0) is 216 Å². The van der Waals surface area contributed by atoms with Gasteiger partial charge in [0.05, 0.1) is 94.3 Å². The minimum Gasteiger partial charge on any atom is -0.462 e. The van der Waals surface area contributed by atoms with Crippen molar-refractivity contribution in [2.75, 3.05) is 46.5 Å². The first kappa shape index (κ1) is 86.9. The van der Waals surface area contributed by atoms with Gasteiger partial charge < -0.3 is 38.9 Å². The number of aromatic amines is 4. The molecular weight excluding hydrogens is 1670 g/mol. The number of esters is 4. The van der Waals surface area contributed by atoms with Gasteiger partial charge in [-0.15, -0.1) is 0 Å². The summed E-state index contributed by atoms with van der Waals surface area (Å²) in [7, 11) is 0. The summed E-state index contributed by atoms with van der Waals surface area (Å²) in [5.74, 6) is 2.12. The van der Waals surface area contributed by atoms with Crippen LogP contribution in [0.1, 0.15) is 176 Å². The highest BCUT2D eigenvalue weighted by Gasteiger charge is 2.34. The van der Waals surface area contributed by atoms with Crippen LogP contribution in [0.3, 0.4) is 0 Å². The number of rotatable bonds is 36. The molecule has 16 aromatic rings. The maximum Gasteiger partial charge on any atom is 0.338 e. The molecule has 4 aliphatic carbocycles. The fourth-order valence-corrected chi connectivity index (χ4v) is 17.8. The Balaban J connectivity index is 0.000000172. The van der Waals surface area contributed by atoms with Crippen molar-refractivity contribution in [2.24, 2.45) is 20.4 Å². The minimum atomic E-state index is -0.330. The molecule has 0 amide bonds. The van der Waals surface area contributed by atoms with E-state index in [4.69, 9.17) is 39.4 Å². The summed E-state index contributed by atoms with van der Waals surface area (Å²) >= 11 is 0. The van der Waals surface area contributed by atoms with Gasteiger partial charge >= 0.3 is 23.9 Å². The number of anilines is 8. The Morgan fingerprint density at radius 1 is 0.194 bits per heavy atom. The van der Waals surface area contributed by atoms with E-state index in [0.29, 0.717) is 48.7 Å². The molecule has 4 heterocycles. The third-order valence-corrected chi connectivity index (χ3v) is 24.5. The van der Waals surface area contributed by atoms with Gasteiger partial charge in [-0.2, -0.15) is 20.4 Å².